The Morgan fingerprint density at radius 2 is 1.71 bits per heavy atom. The van der Waals surface area contributed by atoms with E-state index in [-0.39, 0.29) is 11.3 Å². The van der Waals surface area contributed by atoms with E-state index in [0.717, 1.165) is 55.3 Å². The molecule has 9 nitrogen and oxygen atoms in total. The van der Waals surface area contributed by atoms with Gasteiger partial charge in [0.2, 0.25) is 0 Å². The zero-order valence-corrected chi connectivity index (χ0v) is 26.5. The van der Waals surface area contributed by atoms with E-state index >= 15 is 0 Å². The van der Waals surface area contributed by atoms with Crippen LogP contribution >= 0.6 is 11.3 Å². The van der Waals surface area contributed by atoms with E-state index in [1.54, 1.807) is 36.4 Å². The first kappa shape index (κ1) is 30.3. The minimum absolute atomic E-state index is 0.226. The molecule has 0 N–H and O–H groups in total. The minimum Gasteiger partial charge on any atom is -0.755 e. The van der Waals surface area contributed by atoms with Gasteiger partial charge < -0.3 is 13.9 Å². The molecular formula is C34H29N4O5S2-. The lowest BCUT2D eigenvalue weighted by molar-refractivity contribution is 0.0594. The van der Waals surface area contributed by atoms with Crippen molar-refractivity contribution in [2.75, 3.05) is 11.4 Å². The molecule has 0 spiro atoms. The zero-order valence-electron chi connectivity index (χ0n) is 24.9. The molecule has 0 saturated carbocycles. The molecule has 3 aromatic heterocycles. The maximum Gasteiger partial charge on any atom is 0.356 e. The summed E-state index contributed by atoms with van der Waals surface area (Å²) in [6, 6.07) is 25.5. The van der Waals surface area contributed by atoms with Crippen molar-refractivity contribution in [2.45, 2.75) is 33.2 Å². The van der Waals surface area contributed by atoms with E-state index < -0.39 is 23.1 Å². The Hall–Kier alpha value is -4.71. The number of imidazole rings is 1. The number of amides is 1. The van der Waals surface area contributed by atoms with E-state index in [4.69, 9.17) is 9.72 Å². The van der Waals surface area contributed by atoms with Gasteiger partial charge in [-0.25, -0.2) is 19.1 Å². The second-order valence-electron chi connectivity index (χ2n) is 10.5. The predicted octanol–water partition coefficient (Wildman–Crippen LogP) is 6.85. The molecule has 0 bridgehead atoms. The van der Waals surface area contributed by atoms with Crippen molar-refractivity contribution < 1.29 is 23.1 Å². The number of thiophene rings is 1. The lowest BCUT2D eigenvalue weighted by Gasteiger charge is -2.24. The molecule has 3 heterocycles. The highest BCUT2D eigenvalue weighted by atomic mass is 32.2. The predicted molar refractivity (Wildman–Crippen MR) is 176 cm³/mol. The van der Waals surface area contributed by atoms with Crippen molar-refractivity contribution >= 4 is 60.7 Å². The number of aromatic nitrogens is 3. The number of fused-ring (bicyclic) bond motifs is 2. The van der Waals surface area contributed by atoms with Crippen LogP contribution < -0.4 is 4.31 Å². The van der Waals surface area contributed by atoms with Gasteiger partial charge in [0, 0.05) is 27.6 Å². The maximum atomic E-state index is 13.5. The smallest absolute Gasteiger partial charge is 0.356 e. The summed E-state index contributed by atoms with van der Waals surface area (Å²) >= 11 is -1.60. The summed E-state index contributed by atoms with van der Waals surface area (Å²) in [4.78, 5) is 35.3. The number of carbonyl (C=O) groups is 2. The number of rotatable bonds is 9. The number of anilines is 1. The standard InChI is InChI=1S/C34H30N4O5S2/c1-4-10-28-36-30-21(2)19-26(34(40)43-3)35-31(30)37(28)20-22-15-17-23(18-16-22)29-25-13-8-9-14-27(25)44-33(29)38(45(41)42)32(39)24-11-6-5-7-12-24/h5-9,11-19H,4,10,20H2,1-3H3,(H,41,42)/p-1. The van der Waals surface area contributed by atoms with Crippen molar-refractivity contribution in [3.05, 3.63) is 113 Å². The van der Waals surface area contributed by atoms with Crippen molar-refractivity contribution in [1.29, 1.82) is 0 Å². The number of nitrogens with zero attached hydrogens (tertiary/aromatic N) is 4. The quantitative estimate of drug-likeness (QED) is 0.126. The van der Waals surface area contributed by atoms with Crippen molar-refractivity contribution in [1.82, 2.24) is 14.5 Å². The van der Waals surface area contributed by atoms with Gasteiger partial charge in [-0.05, 0) is 54.3 Å². The SMILES string of the molecule is CCCc1nc2c(C)cc(C(=O)OC)nc2n1Cc1ccc(-c2c(N(C(=O)c3ccccc3)S(=O)[O-])sc3ccccc23)cc1. The van der Waals surface area contributed by atoms with Crippen molar-refractivity contribution in [3.63, 3.8) is 0 Å². The van der Waals surface area contributed by atoms with Crippen LogP contribution in [-0.2, 0) is 29.0 Å². The number of ether oxygens (including phenoxy) is 1. The fourth-order valence-corrected chi connectivity index (χ4v) is 7.31. The van der Waals surface area contributed by atoms with Crippen LogP contribution in [0.2, 0.25) is 0 Å². The molecule has 45 heavy (non-hydrogen) atoms. The van der Waals surface area contributed by atoms with Crippen LogP contribution in [-0.4, -0.2) is 42.3 Å². The first-order valence-electron chi connectivity index (χ1n) is 14.4. The minimum atomic E-state index is -2.85. The lowest BCUT2D eigenvalue weighted by atomic mass is 10.0. The average molecular weight is 638 g/mol. The average Bonchev–Trinajstić information content (AvgIpc) is 3.60. The number of carbonyl (C=O) groups excluding carboxylic acids is 2. The second-order valence-corrected chi connectivity index (χ2v) is 12.3. The van der Waals surface area contributed by atoms with Gasteiger partial charge >= 0.3 is 5.97 Å². The molecule has 1 unspecified atom stereocenters. The number of hydrogen-bond donors (Lipinski definition) is 0. The maximum absolute atomic E-state index is 13.5. The third-order valence-corrected chi connectivity index (χ3v) is 9.46. The van der Waals surface area contributed by atoms with Crippen LogP contribution in [0.25, 0.3) is 32.4 Å². The van der Waals surface area contributed by atoms with Crippen LogP contribution in [0.5, 0.6) is 0 Å². The third kappa shape index (κ3) is 5.77. The van der Waals surface area contributed by atoms with Gasteiger partial charge in [0.1, 0.15) is 16.3 Å². The first-order valence-corrected chi connectivity index (χ1v) is 16.2. The summed E-state index contributed by atoms with van der Waals surface area (Å²) < 4.78 is 33.8. The second kappa shape index (κ2) is 12.7. The van der Waals surface area contributed by atoms with Gasteiger partial charge in [-0.15, -0.1) is 11.3 Å². The topological polar surface area (TPSA) is 117 Å². The molecular weight excluding hydrogens is 609 g/mol. The number of benzene rings is 3. The van der Waals surface area contributed by atoms with Crippen LogP contribution in [0.1, 0.15) is 51.1 Å². The highest BCUT2D eigenvalue weighted by Gasteiger charge is 2.26. The highest BCUT2D eigenvalue weighted by molar-refractivity contribution is 7.82. The van der Waals surface area contributed by atoms with E-state index in [1.807, 2.05) is 60.0 Å². The molecule has 0 radical (unpaired) electrons. The summed E-state index contributed by atoms with van der Waals surface area (Å²) in [5, 5.41) is 1.18. The summed E-state index contributed by atoms with van der Waals surface area (Å²) in [6.45, 7) is 4.45. The summed E-state index contributed by atoms with van der Waals surface area (Å²) in [7, 11) is 1.33. The first-order chi connectivity index (χ1) is 21.8. The van der Waals surface area contributed by atoms with Gasteiger partial charge in [0.15, 0.2) is 11.3 Å². The molecule has 0 aliphatic rings. The Morgan fingerprint density at radius 3 is 2.40 bits per heavy atom. The molecule has 11 heteroatoms. The normalized spacial score (nSPS) is 12.0. The number of pyridine rings is 1. The Balaban J connectivity index is 1.42. The largest absolute Gasteiger partial charge is 0.755 e. The van der Waals surface area contributed by atoms with Crippen molar-refractivity contribution in [3.8, 4) is 11.1 Å². The molecule has 1 atom stereocenters. The summed E-state index contributed by atoms with van der Waals surface area (Å²) in [5.74, 6) is -0.266. The molecule has 0 fully saturated rings. The van der Waals surface area contributed by atoms with Crippen molar-refractivity contribution in [2.24, 2.45) is 0 Å². The third-order valence-electron chi connectivity index (χ3n) is 7.54. The monoisotopic (exact) mass is 637 g/mol. The zero-order chi connectivity index (χ0) is 31.7. The molecule has 1 amide bonds. The van der Waals surface area contributed by atoms with Gasteiger partial charge in [-0.2, -0.15) is 0 Å². The molecule has 6 rings (SSSR count). The van der Waals surface area contributed by atoms with Gasteiger partial charge in [0.25, 0.3) is 5.91 Å². The lowest BCUT2D eigenvalue weighted by Crippen LogP contribution is -2.32. The molecule has 0 aliphatic carbocycles. The van der Waals surface area contributed by atoms with E-state index in [1.165, 1.54) is 18.4 Å². The number of esters is 1. The van der Waals surface area contributed by atoms with E-state index in [0.29, 0.717) is 22.8 Å². The number of methoxy groups -OCH3 is 1. The van der Waals surface area contributed by atoms with Crippen LogP contribution in [0.3, 0.4) is 0 Å². The number of aryl methyl sites for hydroxylation is 2. The van der Waals surface area contributed by atoms with Crippen LogP contribution in [0, 0.1) is 6.92 Å². The van der Waals surface area contributed by atoms with Gasteiger partial charge in [-0.3, -0.25) is 9.00 Å². The highest BCUT2D eigenvalue weighted by Crippen LogP contribution is 2.45. The Kier molecular flexibility index (Phi) is 8.57. The molecule has 0 aliphatic heterocycles. The Bertz CT molecular complexity index is 2070. The molecule has 228 valence electrons. The summed E-state index contributed by atoms with van der Waals surface area (Å²) in [6.07, 6.45) is 1.63. The van der Waals surface area contributed by atoms with Crippen LogP contribution in [0.4, 0.5) is 5.00 Å². The molecule has 3 aromatic carbocycles. The van der Waals surface area contributed by atoms with Gasteiger partial charge in [-0.1, -0.05) is 67.6 Å². The molecule has 0 saturated heterocycles. The van der Waals surface area contributed by atoms with Gasteiger partial charge in [0.05, 0.1) is 24.9 Å². The summed E-state index contributed by atoms with van der Waals surface area (Å²) in [5.41, 5.74) is 5.09. The number of hydrogen-bond acceptors (Lipinski definition) is 8. The van der Waals surface area contributed by atoms with Crippen LogP contribution in [0.15, 0.2) is 84.9 Å². The fourth-order valence-electron chi connectivity index (χ4n) is 5.42. The Labute approximate surface area is 266 Å². The Morgan fingerprint density at radius 1 is 1.00 bits per heavy atom. The fraction of sp³-hybridized carbons (Fsp3) is 0.176. The van der Waals surface area contributed by atoms with E-state index in [2.05, 4.69) is 11.9 Å². The van der Waals surface area contributed by atoms with E-state index in [9.17, 15) is 18.4 Å². The molecule has 6 aromatic rings.